The van der Waals surface area contributed by atoms with Gasteiger partial charge in [0.2, 0.25) is 0 Å². The first-order valence-electron chi connectivity index (χ1n) is 4.85. The maximum atomic E-state index is 9.67. The summed E-state index contributed by atoms with van der Waals surface area (Å²) in [5.74, 6) is 0.337. The Morgan fingerprint density at radius 3 is 1.63 bits per heavy atom. The van der Waals surface area contributed by atoms with Crippen LogP contribution in [0.4, 0.5) is 0 Å². The van der Waals surface area contributed by atoms with E-state index in [2.05, 4.69) is 136 Å². The van der Waals surface area contributed by atoms with Crippen LogP contribution in [-0.4, -0.2) is 5.11 Å². The lowest BCUT2D eigenvalue weighted by atomic mass is 10.1. The fourth-order valence-corrected chi connectivity index (χ4v) is 7.42. The van der Waals surface area contributed by atoms with E-state index >= 15 is 0 Å². The molecule has 0 saturated heterocycles. The molecular weight excluding hydrogens is 922 g/mol. The third kappa shape index (κ3) is 3.76. The first-order chi connectivity index (χ1) is 8.84. The molecule has 2 aromatic carbocycles. The van der Waals surface area contributed by atoms with Crippen molar-refractivity contribution in [3.05, 3.63) is 39.6 Å². The largest absolute Gasteiger partial charge is 0.507 e. The summed E-state index contributed by atoms with van der Waals surface area (Å²) >= 11 is 14.2. The van der Waals surface area contributed by atoms with Gasteiger partial charge in [0, 0.05) is 23.4 Å². The number of aromatic hydroxyl groups is 1. The zero-order valence-corrected chi connectivity index (χ0v) is 21.9. The second kappa shape index (κ2) is 7.46. The molecule has 0 radical (unpaired) electrons. The Morgan fingerprint density at radius 1 is 0.684 bits per heavy atom. The molecule has 0 saturated carbocycles. The van der Waals surface area contributed by atoms with Crippen molar-refractivity contribution < 1.29 is 5.11 Å². The van der Waals surface area contributed by atoms with Gasteiger partial charge in [-0.2, -0.15) is 0 Å². The number of benzene rings is 2. The van der Waals surface area contributed by atoms with E-state index in [-0.39, 0.29) is 0 Å². The fraction of sp³-hybridized carbons (Fsp3) is 0. The zero-order chi connectivity index (χ0) is 14.3. The molecule has 0 aliphatic rings. The van der Waals surface area contributed by atoms with Gasteiger partial charge in [0.05, 0.1) is 3.57 Å². The quantitative estimate of drug-likeness (QED) is 0.192. The van der Waals surface area contributed by atoms with E-state index in [0.29, 0.717) is 5.75 Å². The molecule has 0 aliphatic heterocycles. The van der Waals surface area contributed by atoms with Gasteiger partial charge < -0.3 is 5.11 Å². The second-order valence-electron chi connectivity index (χ2n) is 3.61. The first kappa shape index (κ1) is 18.0. The van der Waals surface area contributed by atoms with Gasteiger partial charge in [0.25, 0.3) is 0 Å². The van der Waals surface area contributed by atoms with E-state index in [1.54, 1.807) is 6.07 Å². The standard InChI is InChI=1S/C12H4I6O/c13-5-3-4(1-2-6(5)19)7-8(14)10(16)12(18)11(17)9(7)15/h1-3,19H. The predicted molar refractivity (Wildman–Crippen MR) is 130 cm³/mol. The van der Waals surface area contributed by atoms with Crippen molar-refractivity contribution in [1.29, 1.82) is 0 Å². The minimum atomic E-state index is 0.337. The summed E-state index contributed by atoms with van der Waals surface area (Å²) in [5, 5.41) is 9.67. The number of hydrogen-bond acceptors (Lipinski definition) is 1. The summed E-state index contributed by atoms with van der Waals surface area (Å²) in [5.41, 5.74) is 2.41. The average Bonchev–Trinajstić information content (AvgIpc) is 2.38. The summed E-state index contributed by atoms with van der Waals surface area (Å²) in [6.07, 6.45) is 0. The number of halogens is 6. The first-order valence-corrected chi connectivity index (χ1v) is 11.3. The van der Waals surface area contributed by atoms with Crippen LogP contribution >= 0.6 is 136 Å². The molecule has 2 aromatic rings. The Morgan fingerprint density at radius 2 is 1.16 bits per heavy atom. The molecule has 0 amide bonds. The maximum absolute atomic E-state index is 9.67. The smallest absolute Gasteiger partial charge is 0.128 e. The van der Waals surface area contributed by atoms with Gasteiger partial charge in [0.15, 0.2) is 0 Å². The molecule has 2 rings (SSSR count). The van der Waals surface area contributed by atoms with Crippen LogP contribution in [0, 0.1) is 21.4 Å². The third-order valence-corrected chi connectivity index (χ3v) is 12.8. The van der Waals surface area contributed by atoms with E-state index in [4.69, 9.17) is 0 Å². The minimum Gasteiger partial charge on any atom is -0.507 e. The van der Waals surface area contributed by atoms with Crippen molar-refractivity contribution in [1.82, 2.24) is 0 Å². The highest BCUT2D eigenvalue weighted by molar-refractivity contribution is 14.1. The molecule has 0 bridgehead atoms. The SMILES string of the molecule is Oc1ccc(-c2c(I)c(I)c(I)c(I)c2I)cc1I. The Labute approximate surface area is 193 Å². The molecule has 0 aliphatic carbocycles. The normalized spacial score (nSPS) is 10.8. The van der Waals surface area contributed by atoms with Crippen molar-refractivity contribution in [2.24, 2.45) is 0 Å². The lowest BCUT2D eigenvalue weighted by Crippen LogP contribution is -1.99. The summed E-state index contributed by atoms with van der Waals surface area (Å²) in [4.78, 5) is 0. The summed E-state index contributed by atoms with van der Waals surface area (Å²) in [6, 6.07) is 5.78. The Bertz CT molecular complexity index is 639. The molecule has 1 nitrogen and oxygen atoms in total. The number of rotatable bonds is 1. The third-order valence-electron chi connectivity index (χ3n) is 2.45. The summed E-state index contributed by atoms with van der Waals surface area (Å²) < 4.78 is 7.32. The Hall–Kier alpha value is 2.62. The monoisotopic (exact) mass is 925 g/mol. The summed E-state index contributed by atoms with van der Waals surface area (Å²) in [6.45, 7) is 0. The molecule has 0 spiro atoms. The fourth-order valence-electron chi connectivity index (χ4n) is 1.52. The van der Waals surface area contributed by atoms with Crippen LogP contribution in [0.15, 0.2) is 18.2 Å². The molecule has 0 heterocycles. The van der Waals surface area contributed by atoms with E-state index in [1.807, 2.05) is 12.1 Å². The van der Waals surface area contributed by atoms with Crippen molar-refractivity contribution in [3.63, 3.8) is 0 Å². The molecule has 100 valence electrons. The number of phenols is 1. The van der Waals surface area contributed by atoms with Crippen LogP contribution in [0.1, 0.15) is 0 Å². The molecule has 0 fully saturated rings. The Balaban J connectivity index is 2.79. The zero-order valence-electron chi connectivity index (χ0n) is 8.95. The lowest BCUT2D eigenvalue weighted by molar-refractivity contribution is 0.471. The van der Waals surface area contributed by atoms with Gasteiger partial charge in [-0.3, -0.25) is 0 Å². The van der Waals surface area contributed by atoms with Gasteiger partial charge in [-0.15, -0.1) is 0 Å². The molecule has 0 atom stereocenters. The van der Waals surface area contributed by atoms with E-state index in [9.17, 15) is 5.11 Å². The second-order valence-corrected chi connectivity index (χ2v) is 10.2. The van der Waals surface area contributed by atoms with Crippen LogP contribution in [-0.2, 0) is 0 Å². The van der Waals surface area contributed by atoms with Crippen molar-refractivity contribution >= 4 is 136 Å². The molecule has 0 unspecified atom stereocenters. The maximum Gasteiger partial charge on any atom is 0.128 e. The van der Waals surface area contributed by atoms with Gasteiger partial charge in [0.1, 0.15) is 5.75 Å². The van der Waals surface area contributed by atoms with Crippen LogP contribution < -0.4 is 0 Å². The number of phenolic OH excluding ortho intramolecular Hbond substituents is 1. The average molecular weight is 926 g/mol. The van der Waals surface area contributed by atoms with E-state index in [0.717, 1.165) is 9.13 Å². The van der Waals surface area contributed by atoms with Crippen molar-refractivity contribution in [3.8, 4) is 16.9 Å². The number of hydrogen-bond donors (Lipinski definition) is 1. The van der Waals surface area contributed by atoms with Crippen molar-refractivity contribution in [2.75, 3.05) is 0 Å². The van der Waals surface area contributed by atoms with Gasteiger partial charge in [-0.1, -0.05) is 6.07 Å². The van der Waals surface area contributed by atoms with Crippen LogP contribution in [0.3, 0.4) is 0 Å². The molecule has 19 heavy (non-hydrogen) atoms. The predicted octanol–water partition coefficient (Wildman–Crippen LogP) is 6.69. The summed E-state index contributed by atoms with van der Waals surface area (Å²) in [7, 11) is 0. The van der Waals surface area contributed by atoms with Gasteiger partial charge in [-0.05, 0) is 153 Å². The molecule has 0 aromatic heterocycles. The van der Waals surface area contributed by atoms with Crippen LogP contribution in [0.5, 0.6) is 5.75 Å². The molecule has 1 N–H and O–H groups in total. The van der Waals surface area contributed by atoms with E-state index < -0.39 is 0 Å². The highest BCUT2D eigenvalue weighted by Crippen LogP contribution is 2.40. The highest BCUT2D eigenvalue weighted by Gasteiger charge is 2.19. The molecule has 7 heteroatoms. The Kier molecular flexibility index (Phi) is 7.05. The highest BCUT2D eigenvalue weighted by atomic mass is 127. The lowest BCUT2D eigenvalue weighted by Gasteiger charge is -2.14. The van der Waals surface area contributed by atoms with E-state index in [1.165, 1.54) is 23.4 Å². The van der Waals surface area contributed by atoms with Crippen LogP contribution in [0.2, 0.25) is 0 Å². The minimum absolute atomic E-state index is 0.337. The van der Waals surface area contributed by atoms with Gasteiger partial charge >= 0.3 is 0 Å². The van der Waals surface area contributed by atoms with Crippen LogP contribution in [0.25, 0.3) is 11.1 Å². The van der Waals surface area contributed by atoms with Crippen molar-refractivity contribution in [2.45, 2.75) is 0 Å². The molecular formula is C12H4I6O. The topological polar surface area (TPSA) is 20.2 Å². The van der Waals surface area contributed by atoms with Gasteiger partial charge in [-0.25, -0.2) is 0 Å².